The minimum Gasteiger partial charge on any atom is -0.368 e. The van der Waals surface area contributed by atoms with Gasteiger partial charge < -0.3 is 11.1 Å². The molecule has 78 valence electrons. The Morgan fingerprint density at radius 2 is 2.21 bits per heavy atom. The summed E-state index contributed by atoms with van der Waals surface area (Å²) in [6, 6.07) is 2.08. The van der Waals surface area contributed by atoms with E-state index in [9.17, 15) is 4.79 Å². The zero-order valence-corrected chi connectivity index (χ0v) is 8.49. The maximum atomic E-state index is 10.8. The fraction of sp³-hybridized carbons (Fsp3) is 0.800. The minimum absolute atomic E-state index is 0.0329. The summed E-state index contributed by atoms with van der Waals surface area (Å²) < 4.78 is 0. The highest BCUT2D eigenvalue weighted by Gasteiger charge is 2.26. The first-order valence-corrected chi connectivity index (χ1v) is 5.10. The lowest BCUT2D eigenvalue weighted by molar-refractivity contribution is -0.119. The van der Waals surface area contributed by atoms with E-state index in [-0.39, 0.29) is 23.9 Å². The number of carbonyl (C=O) groups excluding carboxylic acids is 1. The van der Waals surface area contributed by atoms with E-state index < -0.39 is 0 Å². The van der Waals surface area contributed by atoms with Gasteiger partial charge in [0, 0.05) is 6.04 Å². The maximum absolute atomic E-state index is 10.8. The Morgan fingerprint density at radius 3 is 2.79 bits per heavy atom. The van der Waals surface area contributed by atoms with Crippen molar-refractivity contribution in [1.82, 2.24) is 5.32 Å². The molecule has 1 aliphatic rings. The van der Waals surface area contributed by atoms with Crippen molar-refractivity contribution in [3.63, 3.8) is 0 Å². The Hall–Kier alpha value is -1.08. The van der Waals surface area contributed by atoms with Crippen LogP contribution in [0.3, 0.4) is 0 Å². The summed E-state index contributed by atoms with van der Waals surface area (Å²) in [5.41, 5.74) is 5.16. The molecule has 0 spiro atoms. The van der Waals surface area contributed by atoms with Gasteiger partial charge in [0.05, 0.1) is 18.0 Å². The van der Waals surface area contributed by atoms with E-state index >= 15 is 0 Å². The van der Waals surface area contributed by atoms with Crippen LogP contribution in [0.5, 0.6) is 0 Å². The topological polar surface area (TPSA) is 78.9 Å². The van der Waals surface area contributed by atoms with Gasteiger partial charge in [-0.3, -0.25) is 4.79 Å². The minimum atomic E-state index is -0.354. The van der Waals surface area contributed by atoms with Crippen LogP contribution in [0.25, 0.3) is 0 Å². The average Bonchev–Trinajstić information content (AvgIpc) is 2.18. The number of rotatable bonds is 3. The van der Waals surface area contributed by atoms with E-state index in [4.69, 9.17) is 11.0 Å². The molecule has 1 amide bonds. The van der Waals surface area contributed by atoms with Gasteiger partial charge in [-0.15, -0.1) is 0 Å². The van der Waals surface area contributed by atoms with Crippen molar-refractivity contribution in [2.24, 2.45) is 11.7 Å². The molecule has 14 heavy (non-hydrogen) atoms. The third kappa shape index (κ3) is 2.71. The van der Waals surface area contributed by atoms with Crippen molar-refractivity contribution in [3.05, 3.63) is 0 Å². The number of nitrogens with zero attached hydrogens (tertiary/aromatic N) is 1. The molecule has 0 aromatic heterocycles. The average molecular weight is 195 g/mol. The Labute approximate surface area is 84.5 Å². The SMILES string of the molecule is CC(NC1CCCCC1C#N)C(N)=O. The molecule has 0 heterocycles. The van der Waals surface area contributed by atoms with Gasteiger partial charge in [-0.1, -0.05) is 12.8 Å². The lowest BCUT2D eigenvalue weighted by Gasteiger charge is -2.29. The molecule has 1 saturated carbocycles. The summed E-state index contributed by atoms with van der Waals surface area (Å²) in [4.78, 5) is 10.8. The smallest absolute Gasteiger partial charge is 0.234 e. The van der Waals surface area contributed by atoms with Crippen LogP contribution < -0.4 is 11.1 Å². The quantitative estimate of drug-likeness (QED) is 0.689. The van der Waals surface area contributed by atoms with Crippen LogP contribution in [0.4, 0.5) is 0 Å². The standard InChI is InChI=1S/C10H17N3O/c1-7(10(12)14)13-9-5-3-2-4-8(9)6-11/h7-9,13H,2-5H2,1H3,(H2,12,14). The van der Waals surface area contributed by atoms with Crippen LogP contribution in [0.2, 0.25) is 0 Å². The Morgan fingerprint density at radius 1 is 1.57 bits per heavy atom. The number of nitriles is 1. The molecule has 3 atom stereocenters. The summed E-state index contributed by atoms with van der Waals surface area (Å²) in [7, 11) is 0. The van der Waals surface area contributed by atoms with Gasteiger partial charge in [0.15, 0.2) is 0 Å². The van der Waals surface area contributed by atoms with Crippen molar-refractivity contribution in [2.75, 3.05) is 0 Å². The molecule has 3 unspecified atom stereocenters. The van der Waals surface area contributed by atoms with E-state index in [1.54, 1.807) is 6.92 Å². The van der Waals surface area contributed by atoms with Crippen molar-refractivity contribution < 1.29 is 4.79 Å². The lowest BCUT2D eigenvalue weighted by atomic mass is 9.85. The Bertz CT molecular complexity index is 246. The normalized spacial score (nSPS) is 29.1. The second-order valence-electron chi connectivity index (χ2n) is 3.92. The first-order chi connectivity index (χ1) is 6.65. The first kappa shape index (κ1) is 11.0. The van der Waals surface area contributed by atoms with Gasteiger partial charge in [0.2, 0.25) is 5.91 Å². The molecule has 0 bridgehead atoms. The summed E-state index contributed by atoms with van der Waals surface area (Å²) in [5, 5.41) is 12.0. The Balaban J connectivity index is 2.49. The molecule has 0 radical (unpaired) electrons. The third-order valence-electron chi connectivity index (χ3n) is 2.82. The molecule has 0 saturated heterocycles. The predicted octanol–water partition coefficient (Wildman–Crippen LogP) is 0.532. The largest absolute Gasteiger partial charge is 0.368 e. The molecular formula is C10H17N3O. The lowest BCUT2D eigenvalue weighted by Crippen LogP contribution is -2.48. The second-order valence-corrected chi connectivity index (χ2v) is 3.92. The molecular weight excluding hydrogens is 178 g/mol. The van der Waals surface area contributed by atoms with E-state index in [1.807, 2.05) is 0 Å². The second kappa shape index (κ2) is 4.97. The van der Waals surface area contributed by atoms with E-state index in [1.165, 1.54) is 0 Å². The number of nitrogens with two attached hydrogens (primary N) is 1. The highest BCUT2D eigenvalue weighted by Crippen LogP contribution is 2.23. The molecule has 4 heteroatoms. The number of carbonyl (C=O) groups is 1. The Kier molecular flexibility index (Phi) is 3.90. The molecule has 0 aromatic rings. The van der Waals surface area contributed by atoms with E-state index in [0.29, 0.717) is 0 Å². The van der Waals surface area contributed by atoms with E-state index in [0.717, 1.165) is 25.7 Å². The fourth-order valence-electron chi connectivity index (χ4n) is 1.89. The molecule has 0 aliphatic heterocycles. The highest BCUT2D eigenvalue weighted by atomic mass is 16.1. The van der Waals surface area contributed by atoms with Crippen LogP contribution in [0.15, 0.2) is 0 Å². The fourth-order valence-corrected chi connectivity index (χ4v) is 1.89. The molecule has 3 N–H and O–H groups in total. The number of hydrogen-bond donors (Lipinski definition) is 2. The van der Waals surface area contributed by atoms with Crippen LogP contribution in [0.1, 0.15) is 32.6 Å². The van der Waals surface area contributed by atoms with Gasteiger partial charge in [0.25, 0.3) is 0 Å². The molecule has 1 fully saturated rings. The highest BCUT2D eigenvalue weighted by molar-refractivity contribution is 5.79. The van der Waals surface area contributed by atoms with Crippen molar-refractivity contribution in [2.45, 2.75) is 44.7 Å². The van der Waals surface area contributed by atoms with Crippen LogP contribution in [-0.4, -0.2) is 18.0 Å². The summed E-state index contributed by atoms with van der Waals surface area (Å²) >= 11 is 0. The summed E-state index contributed by atoms with van der Waals surface area (Å²) in [6.45, 7) is 1.74. The predicted molar refractivity (Wildman–Crippen MR) is 53.2 cm³/mol. The molecule has 1 rings (SSSR count). The summed E-state index contributed by atoms with van der Waals surface area (Å²) in [5.74, 6) is -0.321. The van der Waals surface area contributed by atoms with Gasteiger partial charge in [-0.2, -0.15) is 5.26 Å². The van der Waals surface area contributed by atoms with Gasteiger partial charge in [-0.05, 0) is 19.8 Å². The van der Waals surface area contributed by atoms with Crippen molar-refractivity contribution in [1.29, 1.82) is 5.26 Å². The first-order valence-electron chi connectivity index (χ1n) is 5.10. The van der Waals surface area contributed by atoms with Gasteiger partial charge >= 0.3 is 0 Å². The zero-order chi connectivity index (χ0) is 10.6. The zero-order valence-electron chi connectivity index (χ0n) is 8.49. The van der Waals surface area contributed by atoms with Crippen LogP contribution in [0, 0.1) is 17.2 Å². The van der Waals surface area contributed by atoms with Gasteiger partial charge in [0.1, 0.15) is 0 Å². The van der Waals surface area contributed by atoms with Crippen LogP contribution in [-0.2, 0) is 4.79 Å². The maximum Gasteiger partial charge on any atom is 0.234 e. The van der Waals surface area contributed by atoms with Crippen LogP contribution >= 0.6 is 0 Å². The number of primary amides is 1. The van der Waals surface area contributed by atoms with Crippen molar-refractivity contribution in [3.8, 4) is 6.07 Å². The number of nitrogens with one attached hydrogen (secondary N) is 1. The third-order valence-corrected chi connectivity index (χ3v) is 2.82. The van der Waals surface area contributed by atoms with Gasteiger partial charge in [-0.25, -0.2) is 0 Å². The summed E-state index contributed by atoms with van der Waals surface area (Å²) in [6.07, 6.45) is 4.14. The van der Waals surface area contributed by atoms with Crippen molar-refractivity contribution >= 4 is 5.91 Å². The molecule has 0 aromatic carbocycles. The molecule has 4 nitrogen and oxygen atoms in total. The monoisotopic (exact) mass is 195 g/mol. The molecule has 1 aliphatic carbocycles. The number of amides is 1. The number of hydrogen-bond acceptors (Lipinski definition) is 3. The van der Waals surface area contributed by atoms with E-state index in [2.05, 4.69) is 11.4 Å².